The Labute approximate surface area is 178 Å². The van der Waals surface area contributed by atoms with Gasteiger partial charge in [-0.15, -0.1) is 0 Å². The zero-order valence-electron chi connectivity index (χ0n) is 16.8. The van der Waals surface area contributed by atoms with Crippen LogP contribution in [0.15, 0.2) is 48.5 Å². The van der Waals surface area contributed by atoms with E-state index in [-0.39, 0.29) is 37.9 Å². The number of nitrogens with one attached hydrogen (secondary N) is 2. The molecule has 0 fully saturated rings. The lowest BCUT2D eigenvalue weighted by atomic mass is 10.2. The van der Waals surface area contributed by atoms with Crippen LogP contribution in [0.4, 0.5) is 16.2 Å². The van der Waals surface area contributed by atoms with Crippen molar-refractivity contribution in [2.24, 2.45) is 0 Å². The quantitative estimate of drug-likeness (QED) is 0.312. The molecule has 0 atom stereocenters. The minimum absolute atomic E-state index is 0.122. The number of benzene rings is 2. The molecule has 0 saturated heterocycles. The van der Waals surface area contributed by atoms with Gasteiger partial charge in [-0.05, 0) is 48.5 Å². The van der Waals surface area contributed by atoms with Crippen LogP contribution >= 0.6 is 0 Å². The maximum atomic E-state index is 12.0. The molecule has 0 spiro atoms. The van der Waals surface area contributed by atoms with Crippen LogP contribution in [0, 0.1) is 0 Å². The first-order valence-corrected chi connectivity index (χ1v) is 9.25. The van der Waals surface area contributed by atoms with E-state index in [0.29, 0.717) is 16.9 Å². The van der Waals surface area contributed by atoms with Crippen molar-refractivity contribution in [2.75, 3.05) is 37.1 Å². The number of hydrogen-bond donors (Lipinski definition) is 3. The first kappa shape index (κ1) is 23.4. The predicted molar refractivity (Wildman–Crippen MR) is 110 cm³/mol. The molecule has 10 nitrogen and oxygen atoms in total. The van der Waals surface area contributed by atoms with Crippen molar-refractivity contribution in [3.8, 4) is 0 Å². The number of hydrogen-bond acceptors (Lipinski definition) is 8. The number of esters is 2. The van der Waals surface area contributed by atoms with Crippen molar-refractivity contribution >= 4 is 35.3 Å². The molecule has 0 unspecified atom stereocenters. The van der Waals surface area contributed by atoms with E-state index in [1.165, 1.54) is 43.3 Å². The van der Waals surface area contributed by atoms with Crippen molar-refractivity contribution in [1.29, 1.82) is 0 Å². The van der Waals surface area contributed by atoms with Crippen molar-refractivity contribution in [1.82, 2.24) is 0 Å². The van der Waals surface area contributed by atoms with Crippen LogP contribution in [-0.2, 0) is 19.0 Å². The fourth-order valence-corrected chi connectivity index (χ4v) is 2.31. The van der Waals surface area contributed by atoms with E-state index in [1.54, 1.807) is 12.1 Å². The molecule has 0 aromatic heterocycles. The molecule has 0 aliphatic heterocycles. The van der Waals surface area contributed by atoms with Gasteiger partial charge in [0, 0.05) is 18.3 Å². The van der Waals surface area contributed by atoms with Crippen molar-refractivity contribution < 1.29 is 38.5 Å². The van der Waals surface area contributed by atoms with E-state index in [0.717, 1.165) is 0 Å². The summed E-state index contributed by atoms with van der Waals surface area (Å²) in [5.74, 6) is -1.43. The Morgan fingerprint density at radius 1 is 0.710 bits per heavy atom. The summed E-state index contributed by atoms with van der Waals surface area (Å²) in [5, 5.41) is 13.6. The standard InChI is InChI=1S/C21H22N2O8/c1-14(25)22-17-6-2-15(3-7-17)19(26)29-12-13-30-20(27)16-4-8-18(9-5-16)23-21(28)31-11-10-24/h2-9,24H,10-13H2,1H3,(H,22,25)(H,23,28). The summed E-state index contributed by atoms with van der Waals surface area (Å²) in [4.78, 5) is 46.4. The normalized spacial score (nSPS) is 10.0. The van der Waals surface area contributed by atoms with E-state index >= 15 is 0 Å². The van der Waals surface area contributed by atoms with Crippen molar-refractivity contribution in [3.63, 3.8) is 0 Å². The van der Waals surface area contributed by atoms with E-state index in [1.807, 2.05) is 0 Å². The fourth-order valence-electron chi connectivity index (χ4n) is 2.31. The van der Waals surface area contributed by atoms with Crippen LogP contribution in [0.3, 0.4) is 0 Å². The van der Waals surface area contributed by atoms with E-state index in [2.05, 4.69) is 15.4 Å². The van der Waals surface area contributed by atoms with Crippen LogP contribution < -0.4 is 10.6 Å². The highest BCUT2D eigenvalue weighted by Gasteiger charge is 2.11. The molecule has 10 heteroatoms. The second-order valence-electron chi connectivity index (χ2n) is 6.09. The number of anilines is 2. The molecule has 2 rings (SSSR count). The van der Waals surface area contributed by atoms with Gasteiger partial charge < -0.3 is 24.6 Å². The molecule has 2 amide bonds. The molecule has 164 valence electrons. The number of carbonyl (C=O) groups is 4. The summed E-state index contributed by atoms with van der Waals surface area (Å²) in [5.41, 5.74) is 1.49. The summed E-state index contributed by atoms with van der Waals surface area (Å²) >= 11 is 0. The van der Waals surface area contributed by atoms with Gasteiger partial charge in [0.1, 0.15) is 19.8 Å². The minimum Gasteiger partial charge on any atom is -0.458 e. The smallest absolute Gasteiger partial charge is 0.411 e. The lowest BCUT2D eigenvalue weighted by Crippen LogP contribution is -2.16. The lowest BCUT2D eigenvalue weighted by molar-refractivity contribution is -0.114. The first-order chi connectivity index (χ1) is 14.9. The molecule has 0 bridgehead atoms. The SMILES string of the molecule is CC(=O)Nc1ccc(C(=O)OCCOC(=O)c2ccc(NC(=O)OCCO)cc2)cc1. The highest BCUT2D eigenvalue weighted by molar-refractivity contribution is 5.92. The molecule has 3 N–H and O–H groups in total. The van der Waals surface area contributed by atoms with Crippen molar-refractivity contribution in [2.45, 2.75) is 6.92 Å². The number of ether oxygens (including phenoxy) is 3. The van der Waals surface area contributed by atoms with Gasteiger partial charge in [0.2, 0.25) is 5.91 Å². The van der Waals surface area contributed by atoms with Crippen molar-refractivity contribution in [3.05, 3.63) is 59.7 Å². The van der Waals surface area contributed by atoms with Crippen LogP contribution in [0.1, 0.15) is 27.6 Å². The Morgan fingerprint density at radius 2 is 1.16 bits per heavy atom. The Kier molecular flexibility index (Phi) is 8.99. The molecule has 0 aliphatic rings. The number of carbonyl (C=O) groups excluding carboxylic acids is 4. The average molecular weight is 430 g/mol. The third-order valence-corrected chi connectivity index (χ3v) is 3.68. The highest BCUT2D eigenvalue weighted by Crippen LogP contribution is 2.12. The van der Waals surface area contributed by atoms with Crippen LogP contribution in [-0.4, -0.2) is 55.5 Å². The van der Waals surface area contributed by atoms with Gasteiger partial charge in [-0.1, -0.05) is 0 Å². The number of aliphatic hydroxyl groups excluding tert-OH is 1. The van der Waals surface area contributed by atoms with Gasteiger partial charge in [0.15, 0.2) is 0 Å². The van der Waals surface area contributed by atoms with Gasteiger partial charge >= 0.3 is 18.0 Å². The highest BCUT2D eigenvalue weighted by atomic mass is 16.6. The molecule has 0 aliphatic carbocycles. The zero-order valence-corrected chi connectivity index (χ0v) is 16.8. The topological polar surface area (TPSA) is 140 Å². The third kappa shape index (κ3) is 8.15. The predicted octanol–water partition coefficient (Wildman–Crippen LogP) is 2.20. The molecular weight excluding hydrogens is 408 g/mol. The largest absolute Gasteiger partial charge is 0.458 e. The van der Waals surface area contributed by atoms with Gasteiger partial charge in [-0.25, -0.2) is 14.4 Å². The summed E-state index contributed by atoms with van der Waals surface area (Å²) in [7, 11) is 0. The molecule has 31 heavy (non-hydrogen) atoms. The van der Waals surface area contributed by atoms with Gasteiger partial charge in [-0.2, -0.15) is 0 Å². The summed E-state index contributed by atoms with van der Waals surface area (Å²) < 4.78 is 14.8. The number of amides is 2. The van der Waals surface area contributed by atoms with Gasteiger partial charge in [0.25, 0.3) is 0 Å². The monoisotopic (exact) mass is 430 g/mol. The molecule has 0 saturated carbocycles. The molecule has 0 radical (unpaired) electrons. The maximum Gasteiger partial charge on any atom is 0.411 e. The number of aliphatic hydroxyl groups is 1. The average Bonchev–Trinajstić information content (AvgIpc) is 2.75. The van der Waals surface area contributed by atoms with Gasteiger partial charge in [0.05, 0.1) is 17.7 Å². The Balaban J connectivity index is 1.73. The minimum atomic E-state index is -0.726. The van der Waals surface area contributed by atoms with Crippen LogP contribution in [0.2, 0.25) is 0 Å². The fraction of sp³-hybridized carbons (Fsp3) is 0.238. The Morgan fingerprint density at radius 3 is 1.58 bits per heavy atom. The maximum absolute atomic E-state index is 12.0. The lowest BCUT2D eigenvalue weighted by Gasteiger charge is -2.08. The summed E-state index contributed by atoms with van der Waals surface area (Å²) in [6.45, 7) is 0.712. The molecule has 2 aromatic rings. The third-order valence-electron chi connectivity index (χ3n) is 3.68. The second kappa shape index (κ2) is 11.9. The Bertz CT molecular complexity index is 910. The second-order valence-corrected chi connectivity index (χ2v) is 6.09. The van der Waals surface area contributed by atoms with E-state index in [9.17, 15) is 19.2 Å². The van der Waals surface area contributed by atoms with Gasteiger partial charge in [-0.3, -0.25) is 10.1 Å². The Hall–Kier alpha value is -3.92. The van der Waals surface area contributed by atoms with E-state index in [4.69, 9.17) is 14.6 Å². The zero-order chi connectivity index (χ0) is 22.6. The molecule has 2 aromatic carbocycles. The number of rotatable bonds is 9. The first-order valence-electron chi connectivity index (χ1n) is 9.25. The molecular formula is C21H22N2O8. The van der Waals surface area contributed by atoms with Crippen LogP contribution in [0.25, 0.3) is 0 Å². The van der Waals surface area contributed by atoms with Crippen LogP contribution in [0.5, 0.6) is 0 Å². The summed E-state index contributed by atoms with van der Waals surface area (Å²) in [6.07, 6.45) is -0.726. The summed E-state index contributed by atoms with van der Waals surface area (Å²) in [6, 6.07) is 12.0. The molecule has 0 heterocycles. The van der Waals surface area contributed by atoms with E-state index < -0.39 is 18.0 Å².